The Balaban J connectivity index is 3.81. The van der Waals surface area contributed by atoms with Gasteiger partial charge in [0.25, 0.3) is 0 Å². The van der Waals surface area contributed by atoms with Crippen LogP contribution in [0.4, 0.5) is 0 Å². The Morgan fingerprint density at radius 3 is 2.21 bits per heavy atom. The van der Waals surface area contributed by atoms with Crippen molar-refractivity contribution in [3.63, 3.8) is 0 Å². The Kier molecular flexibility index (Phi) is 7.48. The fourth-order valence-electron chi connectivity index (χ4n) is 1.35. The molecule has 84 valence electrons. The Morgan fingerprint density at radius 1 is 1.21 bits per heavy atom. The monoisotopic (exact) mass is 200 g/mol. The molecule has 0 spiro atoms. The zero-order valence-electron chi connectivity index (χ0n) is 9.89. The van der Waals surface area contributed by atoms with E-state index in [9.17, 15) is 4.79 Å². The Labute approximate surface area is 87.6 Å². The van der Waals surface area contributed by atoms with Gasteiger partial charge >= 0.3 is 0 Å². The normalized spacial score (nSPS) is 12.9. The van der Waals surface area contributed by atoms with E-state index in [0.717, 1.165) is 25.8 Å². The molecule has 0 fully saturated rings. The largest absolute Gasteiger partial charge is 0.355 e. The van der Waals surface area contributed by atoms with Gasteiger partial charge in [0.15, 0.2) is 0 Å². The third-order valence-electron chi connectivity index (χ3n) is 2.41. The molecule has 14 heavy (non-hydrogen) atoms. The number of hydrogen-bond donors (Lipinski definition) is 2. The summed E-state index contributed by atoms with van der Waals surface area (Å²) in [4.78, 5) is 11.5. The molecule has 3 heteroatoms. The van der Waals surface area contributed by atoms with Crippen LogP contribution in [0.2, 0.25) is 0 Å². The first-order valence-corrected chi connectivity index (χ1v) is 5.69. The lowest BCUT2D eigenvalue weighted by Crippen LogP contribution is -2.46. The minimum atomic E-state index is -0.0774. The van der Waals surface area contributed by atoms with Gasteiger partial charge in [-0.2, -0.15) is 0 Å². The van der Waals surface area contributed by atoms with E-state index in [2.05, 4.69) is 31.4 Å². The van der Waals surface area contributed by atoms with E-state index < -0.39 is 0 Å². The second-order valence-electron chi connectivity index (χ2n) is 3.69. The summed E-state index contributed by atoms with van der Waals surface area (Å²) in [6.45, 7) is 9.02. The molecule has 0 rings (SSSR count). The highest BCUT2D eigenvalue weighted by molar-refractivity contribution is 5.81. The predicted octanol–water partition coefficient (Wildman–Crippen LogP) is 1.68. The van der Waals surface area contributed by atoms with E-state index in [0.29, 0.717) is 6.04 Å². The van der Waals surface area contributed by atoms with Crippen molar-refractivity contribution < 1.29 is 4.79 Å². The molecule has 0 saturated heterocycles. The first-order valence-electron chi connectivity index (χ1n) is 5.69. The van der Waals surface area contributed by atoms with Crippen molar-refractivity contribution in [3.05, 3.63) is 0 Å². The maximum Gasteiger partial charge on any atom is 0.236 e. The van der Waals surface area contributed by atoms with E-state index in [-0.39, 0.29) is 11.9 Å². The van der Waals surface area contributed by atoms with E-state index >= 15 is 0 Å². The topological polar surface area (TPSA) is 41.1 Å². The maximum absolute atomic E-state index is 11.5. The van der Waals surface area contributed by atoms with Gasteiger partial charge in [0.05, 0.1) is 6.04 Å². The SMILES string of the molecule is CCCNC(=O)C(C)NC(CC)CC. The second-order valence-corrected chi connectivity index (χ2v) is 3.69. The van der Waals surface area contributed by atoms with Crippen LogP contribution in [0.1, 0.15) is 47.0 Å². The number of carbonyl (C=O) groups is 1. The molecule has 0 aromatic carbocycles. The predicted molar refractivity (Wildman–Crippen MR) is 60.3 cm³/mol. The molecule has 1 amide bonds. The molecule has 3 nitrogen and oxygen atoms in total. The van der Waals surface area contributed by atoms with Crippen molar-refractivity contribution in [2.75, 3.05) is 6.54 Å². The highest BCUT2D eigenvalue weighted by atomic mass is 16.2. The molecule has 0 aliphatic carbocycles. The summed E-state index contributed by atoms with van der Waals surface area (Å²) in [5.74, 6) is 0.110. The van der Waals surface area contributed by atoms with Gasteiger partial charge in [0.1, 0.15) is 0 Å². The zero-order valence-corrected chi connectivity index (χ0v) is 9.89. The smallest absolute Gasteiger partial charge is 0.236 e. The van der Waals surface area contributed by atoms with Crippen molar-refractivity contribution in [1.29, 1.82) is 0 Å². The van der Waals surface area contributed by atoms with Gasteiger partial charge in [-0.25, -0.2) is 0 Å². The summed E-state index contributed by atoms with van der Waals surface area (Å²) < 4.78 is 0. The summed E-state index contributed by atoms with van der Waals surface area (Å²) in [7, 11) is 0. The Hall–Kier alpha value is -0.570. The van der Waals surface area contributed by atoms with Crippen LogP contribution in [0.25, 0.3) is 0 Å². The van der Waals surface area contributed by atoms with Crippen LogP contribution in [-0.4, -0.2) is 24.5 Å². The van der Waals surface area contributed by atoms with Gasteiger partial charge in [-0.3, -0.25) is 4.79 Å². The molecule has 0 aliphatic heterocycles. The average molecular weight is 200 g/mol. The van der Waals surface area contributed by atoms with Gasteiger partial charge in [-0.05, 0) is 26.2 Å². The van der Waals surface area contributed by atoms with Crippen LogP contribution >= 0.6 is 0 Å². The van der Waals surface area contributed by atoms with E-state index in [1.165, 1.54) is 0 Å². The van der Waals surface area contributed by atoms with Crippen molar-refractivity contribution in [2.45, 2.75) is 59.0 Å². The fourth-order valence-corrected chi connectivity index (χ4v) is 1.35. The van der Waals surface area contributed by atoms with Crippen molar-refractivity contribution in [1.82, 2.24) is 10.6 Å². The van der Waals surface area contributed by atoms with Crippen molar-refractivity contribution >= 4 is 5.91 Å². The molecule has 1 atom stereocenters. The maximum atomic E-state index is 11.5. The van der Waals surface area contributed by atoms with E-state index in [1.54, 1.807) is 0 Å². The van der Waals surface area contributed by atoms with Crippen LogP contribution in [-0.2, 0) is 4.79 Å². The molecular weight excluding hydrogens is 176 g/mol. The van der Waals surface area contributed by atoms with Crippen LogP contribution in [0.3, 0.4) is 0 Å². The minimum absolute atomic E-state index is 0.0774. The lowest BCUT2D eigenvalue weighted by atomic mass is 10.1. The van der Waals surface area contributed by atoms with Gasteiger partial charge in [0, 0.05) is 12.6 Å². The lowest BCUT2D eigenvalue weighted by molar-refractivity contribution is -0.122. The van der Waals surface area contributed by atoms with E-state index in [1.807, 2.05) is 6.92 Å². The molecule has 0 saturated carbocycles. The fraction of sp³-hybridized carbons (Fsp3) is 0.909. The minimum Gasteiger partial charge on any atom is -0.355 e. The van der Waals surface area contributed by atoms with Gasteiger partial charge in [0.2, 0.25) is 5.91 Å². The molecule has 2 N–H and O–H groups in total. The van der Waals surface area contributed by atoms with Gasteiger partial charge in [-0.1, -0.05) is 20.8 Å². The van der Waals surface area contributed by atoms with Crippen LogP contribution in [0, 0.1) is 0 Å². The quantitative estimate of drug-likeness (QED) is 0.656. The average Bonchev–Trinajstić information content (AvgIpc) is 2.21. The summed E-state index contributed by atoms with van der Waals surface area (Å²) in [6, 6.07) is 0.379. The first-order chi connectivity index (χ1) is 6.65. The standard InChI is InChI=1S/C11H24N2O/c1-5-8-12-11(14)9(4)13-10(6-2)7-3/h9-10,13H,5-8H2,1-4H3,(H,12,14). The Morgan fingerprint density at radius 2 is 1.79 bits per heavy atom. The number of rotatable bonds is 7. The molecule has 1 unspecified atom stereocenters. The van der Waals surface area contributed by atoms with Crippen LogP contribution in [0.5, 0.6) is 0 Å². The molecular formula is C11H24N2O. The summed E-state index contributed by atoms with van der Waals surface area (Å²) >= 11 is 0. The van der Waals surface area contributed by atoms with Gasteiger partial charge < -0.3 is 10.6 Å². The molecule has 0 aromatic heterocycles. The van der Waals surface area contributed by atoms with Crippen LogP contribution in [0.15, 0.2) is 0 Å². The van der Waals surface area contributed by atoms with Crippen molar-refractivity contribution in [3.8, 4) is 0 Å². The first kappa shape index (κ1) is 13.4. The van der Waals surface area contributed by atoms with Crippen molar-refractivity contribution in [2.24, 2.45) is 0 Å². The number of carbonyl (C=O) groups excluding carboxylic acids is 1. The summed E-state index contributed by atoms with van der Waals surface area (Å²) in [5, 5.41) is 6.20. The summed E-state index contributed by atoms with van der Waals surface area (Å²) in [5.41, 5.74) is 0. The number of amides is 1. The highest BCUT2D eigenvalue weighted by Gasteiger charge is 2.14. The van der Waals surface area contributed by atoms with Crippen LogP contribution < -0.4 is 10.6 Å². The van der Waals surface area contributed by atoms with E-state index in [4.69, 9.17) is 0 Å². The Bertz CT molecular complexity index is 155. The second kappa shape index (κ2) is 7.80. The molecule has 0 aliphatic rings. The summed E-state index contributed by atoms with van der Waals surface area (Å²) in [6.07, 6.45) is 3.13. The number of hydrogen-bond acceptors (Lipinski definition) is 2. The van der Waals surface area contributed by atoms with Gasteiger partial charge in [-0.15, -0.1) is 0 Å². The third kappa shape index (κ3) is 5.22. The zero-order chi connectivity index (χ0) is 11.0. The molecule has 0 radical (unpaired) electrons. The highest BCUT2D eigenvalue weighted by Crippen LogP contribution is 1.98. The third-order valence-corrected chi connectivity index (χ3v) is 2.41. The molecule has 0 bridgehead atoms. The number of nitrogens with one attached hydrogen (secondary N) is 2. The molecule has 0 heterocycles. The lowest BCUT2D eigenvalue weighted by Gasteiger charge is -2.20. The molecule has 0 aromatic rings.